The van der Waals surface area contributed by atoms with Crippen LogP contribution in [0.15, 0.2) is 12.7 Å². The van der Waals surface area contributed by atoms with Gasteiger partial charge in [-0.2, -0.15) is 0 Å². The van der Waals surface area contributed by atoms with Gasteiger partial charge >= 0.3 is 0 Å². The smallest absolute Gasteiger partial charge is 0.0701 e. The average molecular weight is 199 g/mol. The molecule has 0 atom stereocenters. The first-order valence-corrected chi connectivity index (χ1v) is 5.42. The van der Waals surface area contributed by atoms with Crippen LogP contribution >= 0.6 is 0 Å². The summed E-state index contributed by atoms with van der Waals surface area (Å²) in [5, 5.41) is 8.62. The minimum Gasteiger partial charge on any atom is -0.394 e. The second-order valence-electron chi connectivity index (χ2n) is 3.71. The van der Waals surface area contributed by atoms with Gasteiger partial charge in [0.2, 0.25) is 0 Å². The molecule has 0 spiro atoms. The summed E-state index contributed by atoms with van der Waals surface area (Å²) in [6.07, 6.45) is 5.59. The highest BCUT2D eigenvalue weighted by Gasteiger charge is 2.18. The summed E-state index contributed by atoms with van der Waals surface area (Å²) < 4.78 is 5.49. The van der Waals surface area contributed by atoms with E-state index in [0.717, 1.165) is 38.9 Å². The van der Waals surface area contributed by atoms with Crippen LogP contribution in [-0.4, -0.2) is 49.0 Å². The summed E-state index contributed by atoms with van der Waals surface area (Å²) in [6.45, 7) is 7.69. The Hall–Kier alpha value is -0.380. The Kier molecular flexibility index (Phi) is 5.83. The van der Waals surface area contributed by atoms with Crippen molar-refractivity contribution in [3.05, 3.63) is 12.7 Å². The van der Waals surface area contributed by atoms with E-state index >= 15 is 0 Å². The first-order chi connectivity index (χ1) is 6.86. The minimum atomic E-state index is 0.136. The third kappa shape index (κ3) is 4.22. The van der Waals surface area contributed by atoms with Crippen LogP contribution in [0.4, 0.5) is 0 Å². The van der Waals surface area contributed by atoms with E-state index in [1.54, 1.807) is 0 Å². The fourth-order valence-corrected chi connectivity index (χ4v) is 1.79. The Morgan fingerprint density at radius 3 is 2.71 bits per heavy atom. The molecule has 0 aromatic carbocycles. The van der Waals surface area contributed by atoms with Crippen LogP contribution in [0.1, 0.15) is 19.3 Å². The Balaban J connectivity index is 2.08. The van der Waals surface area contributed by atoms with Gasteiger partial charge in [-0.25, -0.2) is 0 Å². The molecular formula is C11H21NO2. The average Bonchev–Trinajstić information content (AvgIpc) is 2.25. The van der Waals surface area contributed by atoms with E-state index < -0.39 is 0 Å². The van der Waals surface area contributed by atoms with Crippen molar-refractivity contribution >= 4 is 0 Å². The largest absolute Gasteiger partial charge is 0.394 e. The number of ether oxygens (including phenoxy) is 1. The van der Waals surface area contributed by atoms with Crippen molar-refractivity contribution < 1.29 is 9.84 Å². The van der Waals surface area contributed by atoms with Gasteiger partial charge in [-0.05, 0) is 19.3 Å². The maximum absolute atomic E-state index is 8.62. The molecule has 1 aliphatic rings. The molecule has 1 saturated heterocycles. The normalized spacial score (nSPS) is 19.8. The van der Waals surface area contributed by atoms with Gasteiger partial charge in [0.05, 0.1) is 19.3 Å². The predicted molar refractivity (Wildman–Crippen MR) is 57.3 cm³/mol. The van der Waals surface area contributed by atoms with Gasteiger partial charge in [0, 0.05) is 19.6 Å². The molecule has 14 heavy (non-hydrogen) atoms. The molecule has 82 valence electrons. The van der Waals surface area contributed by atoms with Crippen LogP contribution in [0.3, 0.4) is 0 Å². The fraction of sp³-hybridized carbons (Fsp3) is 0.818. The molecule has 3 nitrogen and oxygen atoms in total. The number of hydrogen-bond donors (Lipinski definition) is 1. The van der Waals surface area contributed by atoms with E-state index in [1.165, 1.54) is 0 Å². The molecule has 0 saturated carbocycles. The summed E-state index contributed by atoms with van der Waals surface area (Å²) in [4.78, 5) is 2.44. The molecule has 0 amide bonds. The third-order valence-electron chi connectivity index (χ3n) is 2.63. The SMILES string of the molecule is C=CCCN1CCC(OCCO)CC1. The van der Waals surface area contributed by atoms with Crippen molar-refractivity contribution in [2.75, 3.05) is 32.8 Å². The molecular weight excluding hydrogens is 178 g/mol. The zero-order chi connectivity index (χ0) is 10.2. The molecule has 0 aromatic rings. The quantitative estimate of drug-likeness (QED) is 0.649. The second kappa shape index (κ2) is 6.98. The van der Waals surface area contributed by atoms with Gasteiger partial charge in [0.15, 0.2) is 0 Å². The maximum Gasteiger partial charge on any atom is 0.0701 e. The lowest BCUT2D eigenvalue weighted by atomic mass is 10.1. The Labute approximate surface area is 86.4 Å². The van der Waals surface area contributed by atoms with Crippen molar-refractivity contribution in [1.29, 1.82) is 0 Å². The minimum absolute atomic E-state index is 0.136. The zero-order valence-corrected chi connectivity index (χ0v) is 8.82. The Morgan fingerprint density at radius 1 is 1.43 bits per heavy atom. The molecule has 0 aromatic heterocycles. The molecule has 3 heteroatoms. The van der Waals surface area contributed by atoms with E-state index in [4.69, 9.17) is 9.84 Å². The van der Waals surface area contributed by atoms with Gasteiger partial charge in [0.1, 0.15) is 0 Å². The van der Waals surface area contributed by atoms with E-state index in [1.807, 2.05) is 6.08 Å². The van der Waals surface area contributed by atoms with Crippen molar-refractivity contribution in [1.82, 2.24) is 4.90 Å². The fourth-order valence-electron chi connectivity index (χ4n) is 1.79. The molecule has 1 fully saturated rings. The molecule has 0 unspecified atom stereocenters. The molecule has 1 aliphatic heterocycles. The lowest BCUT2D eigenvalue weighted by Crippen LogP contribution is -2.37. The standard InChI is InChI=1S/C11H21NO2/c1-2-3-6-12-7-4-11(5-8-12)14-10-9-13/h2,11,13H,1,3-10H2. The van der Waals surface area contributed by atoms with Crippen LogP contribution in [0.25, 0.3) is 0 Å². The van der Waals surface area contributed by atoms with Gasteiger partial charge in [-0.15, -0.1) is 6.58 Å². The van der Waals surface area contributed by atoms with Crippen LogP contribution < -0.4 is 0 Å². The number of piperidine rings is 1. The summed E-state index contributed by atoms with van der Waals surface area (Å²) >= 11 is 0. The van der Waals surface area contributed by atoms with Crippen molar-refractivity contribution in [2.24, 2.45) is 0 Å². The second-order valence-corrected chi connectivity index (χ2v) is 3.71. The summed E-state index contributed by atoms with van der Waals surface area (Å²) in [5.74, 6) is 0. The number of aliphatic hydroxyl groups is 1. The summed E-state index contributed by atoms with van der Waals surface area (Å²) in [5.41, 5.74) is 0. The Morgan fingerprint density at radius 2 is 2.14 bits per heavy atom. The molecule has 0 bridgehead atoms. The van der Waals surface area contributed by atoms with Crippen LogP contribution in [0, 0.1) is 0 Å². The highest BCUT2D eigenvalue weighted by atomic mass is 16.5. The molecule has 1 N–H and O–H groups in total. The highest BCUT2D eigenvalue weighted by Crippen LogP contribution is 2.13. The third-order valence-corrected chi connectivity index (χ3v) is 2.63. The molecule has 1 rings (SSSR count). The molecule has 0 radical (unpaired) electrons. The highest BCUT2D eigenvalue weighted by molar-refractivity contribution is 4.75. The molecule has 0 aliphatic carbocycles. The summed E-state index contributed by atoms with van der Waals surface area (Å²) in [6, 6.07) is 0. The first-order valence-electron chi connectivity index (χ1n) is 5.42. The van der Waals surface area contributed by atoms with Crippen LogP contribution in [0.5, 0.6) is 0 Å². The van der Waals surface area contributed by atoms with Gasteiger partial charge in [0.25, 0.3) is 0 Å². The van der Waals surface area contributed by atoms with Crippen LogP contribution in [0.2, 0.25) is 0 Å². The van der Waals surface area contributed by atoms with Crippen LogP contribution in [-0.2, 0) is 4.74 Å². The topological polar surface area (TPSA) is 32.7 Å². The van der Waals surface area contributed by atoms with Crippen molar-refractivity contribution in [3.8, 4) is 0 Å². The lowest BCUT2D eigenvalue weighted by Gasteiger charge is -2.31. The first kappa shape index (κ1) is 11.7. The number of likely N-dealkylation sites (tertiary alicyclic amines) is 1. The van der Waals surface area contributed by atoms with Gasteiger partial charge in [-0.3, -0.25) is 0 Å². The lowest BCUT2D eigenvalue weighted by molar-refractivity contribution is -0.00739. The van der Waals surface area contributed by atoms with E-state index in [2.05, 4.69) is 11.5 Å². The number of nitrogens with zero attached hydrogens (tertiary/aromatic N) is 1. The number of aliphatic hydroxyl groups excluding tert-OH is 1. The van der Waals surface area contributed by atoms with E-state index in [-0.39, 0.29) is 6.61 Å². The number of hydrogen-bond acceptors (Lipinski definition) is 3. The zero-order valence-electron chi connectivity index (χ0n) is 8.82. The van der Waals surface area contributed by atoms with Gasteiger partial charge in [-0.1, -0.05) is 6.08 Å². The predicted octanol–water partition coefficient (Wildman–Crippen LogP) is 1.04. The maximum atomic E-state index is 8.62. The van der Waals surface area contributed by atoms with Gasteiger partial charge < -0.3 is 14.7 Å². The van der Waals surface area contributed by atoms with Crippen molar-refractivity contribution in [2.45, 2.75) is 25.4 Å². The van der Waals surface area contributed by atoms with E-state index in [0.29, 0.717) is 12.7 Å². The monoisotopic (exact) mass is 199 g/mol. The van der Waals surface area contributed by atoms with E-state index in [9.17, 15) is 0 Å². The Bertz CT molecular complexity index is 153. The molecule has 1 heterocycles. The van der Waals surface area contributed by atoms with Crippen molar-refractivity contribution in [3.63, 3.8) is 0 Å². The summed E-state index contributed by atoms with van der Waals surface area (Å²) in [7, 11) is 0. The number of rotatable bonds is 6.